The standard InChI is InChI=1S/C13H22ClN3O/c1-16(2)7-8-17-13(14)11(9-18)12(15-17)10-5-3-4-6-10/h10,18H,3-9H2,1-2H3. The minimum atomic E-state index is -0.00731. The lowest BCUT2D eigenvalue weighted by Crippen LogP contribution is -2.19. The van der Waals surface area contributed by atoms with E-state index in [9.17, 15) is 5.11 Å². The number of rotatable bonds is 5. The van der Waals surface area contributed by atoms with E-state index in [-0.39, 0.29) is 6.61 Å². The maximum absolute atomic E-state index is 9.50. The lowest BCUT2D eigenvalue weighted by molar-refractivity contribution is 0.280. The molecule has 102 valence electrons. The molecule has 18 heavy (non-hydrogen) atoms. The lowest BCUT2D eigenvalue weighted by atomic mass is 10.0. The number of hydrogen-bond acceptors (Lipinski definition) is 3. The van der Waals surface area contributed by atoms with Gasteiger partial charge in [0.1, 0.15) is 5.15 Å². The molecular weight excluding hydrogens is 250 g/mol. The second kappa shape index (κ2) is 6.04. The van der Waals surface area contributed by atoms with Crippen LogP contribution in [0.2, 0.25) is 5.15 Å². The third-order valence-electron chi connectivity index (χ3n) is 3.67. The normalized spacial score (nSPS) is 16.9. The lowest BCUT2D eigenvalue weighted by Gasteiger charge is -2.10. The number of likely N-dealkylation sites (N-methyl/N-ethyl adjacent to an activating group) is 1. The average molecular weight is 272 g/mol. The molecule has 4 nitrogen and oxygen atoms in total. The van der Waals surface area contributed by atoms with Crippen molar-refractivity contribution in [3.8, 4) is 0 Å². The number of hydrogen-bond donors (Lipinski definition) is 1. The van der Waals surface area contributed by atoms with E-state index in [0.29, 0.717) is 11.1 Å². The Bertz CT molecular complexity index is 397. The van der Waals surface area contributed by atoms with Gasteiger partial charge in [0.2, 0.25) is 0 Å². The summed E-state index contributed by atoms with van der Waals surface area (Å²) in [6.07, 6.45) is 4.87. The minimum Gasteiger partial charge on any atom is -0.391 e. The van der Waals surface area contributed by atoms with Gasteiger partial charge in [-0.25, -0.2) is 0 Å². The van der Waals surface area contributed by atoms with Crippen LogP contribution in [0.3, 0.4) is 0 Å². The van der Waals surface area contributed by atoms with Crippen LogP contribution in [0.15, 0.2) is 0 Å². The monoisotopic (exact) mass is 271 g/mol. The second-order valence-electron chi connectivity index (χ2n) is 5.32. The van der Waals surface area contributed by atoms with Gasteiger partial charge in [-0.2, -0.15) is 5.10 Å². The van der Waals surface area contributed by atoms with Crippen molar-refractivity contribution in [3.63, 3.8) is 0 Å². The summed E-state index contributed by atoms with van der Waals surface area (Å²) in [5, 5.41) is 14.7. The summed E-state index contributed by atoms with van der Waals surface area (Å²) >= 11 is 6.31. The van der Waals surface area contributed by atoms with Crippen molar-refractivity contribution in [2.24, 2.45) is 0 Å². The van der Waals surface area contributed by atoms with Crippen LogP contribution in [0.25, 0.3) is 0 Å². The first kappa shape index (κ1) is 13.8. The molecule has 0 spiro atoms. The highest BCUT2D eigenvalue weighted by atomic mass is 35.5. The molecule has 0 aromatic carbocycles. The van der Waals surface area contributed by atoms with Crippen molar-refractivity contribution >= 4 is 11.6 Å². The van der Waals surface area contributed by atoms with Crippen LogP contribution in [0, 0.1) is 0 Å². The van der Waals surface area contributed by atoms with Gasteiger partial charge in [-0.15, -0.1) is 0 Å². The van der Waals surface area contributed by atoms with E-state index >= 15 is 0 Å². The van der Waals surface area contributed by atoms with Crippen molar-refractivity contribution < 1.29 is 5.11 Å². The fourth-order valence-electron chi connectivity index (χ4n) is 2.61. The Labute approximate surface area is 114 Å². The smallest absolute Gasteiger partial charge is 0.132 e. The predicted molar refractivity (Wildman–Crippen MR) is 72.9 cm³/mol. The Balaban J connectivity index is 2.20. The first-order chi connectivity index (χ1) is 8.63. The van der Waals surface area contributed by atoms with Crippen molar-refractivity contribution in [2.45, 2.75) is 44.8 Å². The summed E-state index contributed by atoms with van der Waals surface area (Å²) in [7, 11) is 4.06. The Morgan fingerprint density at radius 3 is 2.61 bits per heavy atom. The van der Waals surface area contributed by atoms with Crippen LogP contribution in [0.5, 0.6) is 0 Å². The van der Waals surface area contributed by atoms with Gasteiger partial charge in [0.25, 0.3) is 0 Å². The molecule has 5 heteroatoms. The van der Waals surface area contributed by atoms with Crippen molar-refractivity contribution in [3.05, 3.63) is 16.4 Å². The van der Waals surface area contributed by atoms with E-state index < -0.39 is 0 Å². The maximum atomic E-state index is 9.50. The molecular formula is C13H22ClN3O. The zero-order valence-corrected chi connectivity index (χ0v) is 11.9. The van der Waals surface area contributed by atoms with Crippen molar-refractivity contribution in [1.82, 2.24) is 14.7 Å². The molecule has 1 N–H and O–H groups in total. The highest BCUT2D eigenvalue weighted by molar-refractivity contribution is 6.30. The largest absolute Gasteiger partial charge is 0.391 e. The third-order valence-corrected chi connectivity index (χ3v) is 4.10. The average Bonchev–Trinajstić information content (AvgIpc) is 2.94. The van der Waals surface area contributed by atoms with Crippen molar-refractivity contribution in [2.75, 3.05) is 20.6 Å². The first-order valence-corrected chi connectivity index (χ1v) is 7.02. The van der Waals surface area contributed by atoms with Crippen LogP contribution in [-0.4, -0.2) is 40.4 Å². The van der Waals surface area contributed by atoms with Gasteiger partial charge in [-0.05, 0) is 26.9 Å². The number of nitrogens with zero attached hydrogens (tertiary/aromatic N) is 3. The summed E-state index contributed by atoms with van der Waals surface area (Å²) in [6, 6.07) is 0. The molecule has 0 unspecified atom stereocenters. The molecule has 1 aliphatic rings. The summed E-state index contributed by atoms with van der Waals surface area (Å²) in [5.41, 5.74) is 1.86. The zero-order valence-electron chi connectivity index (χ0n) is 11.2. The molecule has 1 saturated carbocycles. The van der Waals surface area contributed by atoms with Gasteiger partial charge in [0.15, 0.2) is 0 Å². The Kier molecular flexibility index (Phi) is 4.65. The molecule has 1 aliphatic carbocycles. The summed E-state index contributed by atoms with van der Waals surface area (Å²) < 4.78 is 1.83. The molecule has 1 fully saturated rings. The topological polar surface area (TPSA) is 41.3 Å². The maximum Gasteiger partial charge on any atom is 0.132 e. The van der Waals surface area contributed by atoms with Crippen LogP contribution in [-0.2, 0) is 13.2 Å². The van der Waals surface area contributed by atoms with Gasteiger partial charge in [0.05, 0.1) is 18.8 Å². The van der Waals surface area contributed by atoms with Crippen molar-refractivity contribution in [1.29, 1.82) is 0 Å². The third kappa shape index (κ3) is 2.87. The molecule has 0 bridgehead atoms. The molecule has 1 aromatic rings. The second-order valence-corrected chi connectivity index (χ2v) is 5.68. The summed E-state index contributed by atoms with van der Waals surface area (Å²) in [4.78, 5) is 2.10. The fourth-order valence-corrected chi connectivity index (χ4v) is 2.89. The van der Waals surface area contributed by atoms with E-state index in [0.717, 1.165) is 24.3 Å². The van der Waals surface area contributed by atoms with E-state index in [4.69, 9.17) is 11.6 Å². The highest BCUT2D eigenvalue weighted by Gasteiger charge is 2.25. The Hall–Kier alpha value is -0.580. The first-order valence-electron chi connectivity index (χ1n) is 6.64. The Morgan fingerprint density at radius 1 is 1.39 bits per heavy atom. The van der Waals surface area contributed by atoms with Crippen LogP contribution < -0.4 is 0 Å². The highest BCUT2D eigenvalue weighted by Crippen LogP contribution is 2.37. The van der Waals surface area contributed by atoms with Gasteiger partial charge < -0.3 is 10.0 Å². The van der Waals surface area contributed by atoms with Gasteiger partial charge >= 0.3 is 0 Å². The molecule has 0 amide bonds. The van der Waals surface area contributed by atoms with Crippen LogP contribution in [0.1, 0.15) is 42.9 Å². The van der Waals surface area contributed by atoms with E-state index in [1.54, 1.807) is 0 Å². The number of aromatic nitrogens is 2. The zero-order chi connectivity index (χ0) is 13.1. The number of aliphatic hydroxyl groups is 1. The van der Waals surface area contributed by atoms with Gasteiger partial charge in [0, 0.05) is 18.0 Å². The quantitative estimate of drug-likeness (QED) is 0.893. The summed E-state index contributed by atoms with van der Waals surface area (Å²) in [6.45, 7) is 1.66. The predicted octanol–water partition coefficient (Wildman–Crippen LogP) is 2.25. The van der Waals surface area contributed by atoms with Gasteiger partial charge in [-0.1, -0.05) is 24.4 Å². The van der Waals surface area contributed by atoms with Crippen LogP contribution >= 0.6 is 11.6 Å². The van der Waals surface area contributed by atoms with Crippen LogP contribution in [0.4, 0.5) is 0 Å². The Morgan fingerprint density at radius 2 is 2.06 bits per heavy atom. The van der Waals surface area contributed by atoms with Gasteiger partial charge in [-0.3, -0.25) is 4.68 Å². The van der Waals surface area contributed by atoms with E-state index in [2.05, 4.69) is 10.00 Å². The number of aliphatic hydroxyl groups excluding tert-OH is 1. The molecule has 0 aliphatic heterocycles. The fraction of sp³-hybridized carbons (Fsp3) is 0.769. The molecule has 2 rings (SSSR count). The molecule has 0 atom stereocenters. The minimum absolute atomic E-state index is 0.00731. The SMILES string of the molecule is CN(C)CCn1nc(C2CCCC2)c(CO)c1Cl. The molecule has 1 heterocycles. The van der Waals surface area contributed by atoms with E-state index in [1.807, 2.05) is 18.8 Å². The molecule has 0 saturated heterocycles. The molecule has 0 radical (unpaired) electrons. The molecule has 1 aromatic heterocycles. The van der Waals surface area contributed by atoms with E-state index in [1.165, 1.54) is 25.7 Å². The number of halogens is 1. The summed E-state index contributed by atoms with van der Waals surface area (Å²) in [5.74, 6) is 0.491.